The van der Waals surface area contributed by atoms with Crippen LogP contribution in [0.15, 0.2) is 24.3 Å². The summed E-state index contributed by atoms with van der Waals surface area (Å²) in [4.78, 5) is 13.6. The van der Waals surface area contributed by atoms with E-state index >= 15 is 0 Å². The molecule has 0 radical (unpaired) electrons. The van der Waals surface area contributed by atoms with Crippen molar-refractivity contribution in [3.8, 4) is 28.7 Å². The van der Waals surface area contributed by atoms with Crippen LogP contribution in [0, 0.1) is 0 Å². The van der Waals surface area contributed by atoms with Crippen molar-refractivity contribution in [2.75, 3.05) is 13.4 Å². The molecule has 0 spiro atoms. The standard InChI is InChI=1S/C22H20O7/c1-21(2)6-5-11-14(29-21)4-3-12-19(11)28-18-9-25-15-8-17-16(26-10-27-17)7-13(15)22(18,24)20(12)23/h3-4,7-8,18,24H,5-6,9-10H2,1-2H3/t18-,22+/m1/s1. The van der Waals surface area contributed by atoms with Crippen LogP contribution >= 0.6 is 0 Å². The van der Waals surface area contributed by atoms with Crippen LogP contribution in [0.4, 0.5) is 0 Å². The van der Waals surface area contributed by atoms with E-state index in [0.717, 1.165) is 24.2 Å². The lowest BCUT2D eigenvalue weighted by Gasteiger charge is -2.44. The summed E-state index contributed by atoms with van der Waals surface area (Å²) in [6, 6.07) is 6.73. The van der Waals surface area contributed by atoms with E-state index in [4.69, 9.17) is 23.7 Å². The van der Waals surface area contributed by atoms with Crippen molar-refractivity contribution in [1.29, 1.82) is 0 Å². The van der Waals surface area contributed by atoms with Crippen LogP contribution in [0.2, 0.25) is 0 Å². The zero-order chi connectivity index (χ0) is 20.0. The molecule has 0 aliphatic carbocycles. The number of ketones is 1. The number of Topliss-reactive ketones (excluding diaryl/α,β-unsaturated/α-hetero) is 1. The Balaban J connectivity index is 1.49. The van der Waals surface area contributed by atoms with Gasteiger partial charge in [0, 0.05) is 17.2 Å². The molecule has 2 aromatic carbocycles. The van der Waals surface area contributed by atoms with Crippen molar-refractivity contribution in [3.05, 3.63) is 41.0 Å². The smallest absolute Gasteiger partial charge is 0.231 e. The molecule has 6 rings (SSSR count). The van der Waals surface area contributed by atoms with Gasteiger partial charge in [0.2, 0.25) is 12.6 Å². The quantitative estimate of drug-likeness (QED) is 0.733. The molecule has 0 aromatic heterocycles. The van der Waals surface area contributed by atoms with Crippen LogP contribution in [0.5, 0.6) is 28.7 Å². The maximum atomic E-state index is 13.6. The van der Waals surface area contributed by atoms with Crippen molar-refractivity contribution in [2.24, 2.45) is 0 Å². The van der Waals surface area contributed by atoms with Crippen LogP contribution in [-0.4, -0.2) is 36.0 Å². The molecule has 0 bridgehead atoms. The first-order valence-electron chi connectivity index (χ1n) is 9.72. The Hall–Kier alpha value is -2.93. The number of rotatable bonds is 0. The number of hydrogen-bond acceptors (Lipinski definition) is 7. The van der Waals surface area contributed by atoms with Crippen LogP contribution in [0.3, 0.4) is 0 Å². The molecule has 7 nitrogen and oxygen atoms in total. The highest BCUT2D eigenvalue weighted by Gasteiger charge is 2.56. The first kappa shape index (κ1) is 17.0. The summed E-state index contributed by atoms with van der Waals surface area (Å²) < 4.78 is 28.9. The summed E-state index contributed by atoms with van der Waals surface area (Å²) in [7, 11) is 0. The summed E-state index contributed by atoms with van der Waals surface area (Å²) in [6.07, 6.45) is 0.683. The Bertz CT molecular complexity index is 1070. The van der Waals surface area contributed by atoms with Gasteiger partial charge >= 0.3 is 0 Å². The average molecular weight is 396 g/mol. The van der Waals surface area contributed by atoms with Gasteiger partial charge < -0.3 is 28.8 Å². The highest BCUT2D eigenvalue weighted by atomic mass is 16.7. The van der Waals surface area contributed by atoms with Gasteiger partial charge in [-0.1, -0.05) is 0 Å². The predicted octanol–water partition coefficient (Wildman–Crippen LogP) is 2.74. The van der Waals surface area contributed by atoms with Crippen molar-refractivity contribution in [2.45, 2.75) is 44.0 Å². The molecule has 0 fully saturated rings. The summed E-state index contributed by atoms with van der Waals surface area (Å²) in [5.41, 5.74) is -0.561. The van der Waals surface area contributed by atoms with E-state index < -0.39 is 17.5 Å². The summed E-state index contributed by atoms with van der Waals surface area (Å²) >= 11 is 0. The Kier molecular flexibility index (Phi) is 3.14. The second kappa shape index (κ2) is 5.36. The monoisotopic (exact) mass is 396 g/mol. The highest BCUT2D eigenvalue weighted by molar-refractivity contribution is 6.07. The van der Waals surface area contributed by atoms with Gasteiger partial charge in [-0.05, 0) is 44.9 Å². The number of fused-ring (bicyclic) bond motifs is 7. The number of hydrogen-bond donors (Lipinski definition) is 1. The molecule has 7 heteroatoms. The number of carbonyl (C=O) groups excluding carboxylic acids is 1. The number of aliphatic hydroxyl groups is 1. The molecule has 0 unspecified atom stereocenters. The molecule has 0 amide bonds. The SMILES string of the molecule is CC1(C)CCc2c(ccc3c2O[C@@H]2COc4cc5c(cc4[C@@]2(O)C3=O)OCO5)O1. The predicted molar refractivity (Wildman–Crippen MR) is 100 cm³/mol. The van der Waals surface area contributed by atoms with E-state index in [-0.39, 0.29) is 19.0 Å². The molecule has 4 heterocycles. The van der Waals surface area contributed by atoms with E-state index in [1.165, 1.54) is 0 Å². The lowest BCUT2D eigenvalue weighted by molar-refractivity contribution is -0.0806. The molecular weight excluding hydrogens is 376 g/mol. The van der Waals surface area contributed by atoms with Crippen LogP contribution in [0.1, 0.15) is 41.8 Å². The second-order valence-corrected chi connectivity index (χ2v) is 8.50. The van der Waals surface area contributed by atoms with Gasteiger partial charge in [0.1, 0.15) is 29.5 Å². The van der Waals surface area contributed by atoms with Gasteiger partial charge in [-0.15, -0.1) is 0 Å². The summed E-state index contributed by atoms with van der Waals surface area (Å²) in [5.74, 6) is 2.21. The fourth-order valence-corrected chi connectivity index (χ4v) is 4.57. The minimum Gasteiger partial charge on any atom is -0.489 e. The number of benzene rings is 2. The Morgan fingerprint density at radius 1 is 1.03 bits per heavy atom. The summed E-state index contributed by atoms with van der Waals surface area (Å²) in [6.45, 7) is 4.22. The minimum atomic E-state index is -1.86. The molecule has 0 saturated carbocycles. The number of carbonyl (C=O) groups is 1. The molecule has 2 aromatic rings. The minimum absolute atomic E-state index is 0.0460. The zero-order valence-electron chi connectivity index (χ0n) is 16.1. The van der Waals surface area contributed by atoms with Gasteiger partial charge in [-0.2, -0.15) is 0 Å². The van der Waals surface area contributed by atoms with Gasteiger partial charge in [0.25, 0.3) is 0 Å². The maximum Gasteiger partial charge on any atom is 0.231 e. The second-order valence-electron chi connectivity index (χ2n) is 8.50. The topological polar surface area (TPSA) is 83.5 Å². The van der Waals surface area contributed by atoms with Gasteiger partial charge in [0.05, 0.1) is 5.56 Å². The Morgan fingerprint density at radius 3 is 2.66 bits per heavy atom. The Morgan fingerprint density at radius 2 is 1.83 bits per heavy atom. The number of ether oxygens (including phenoxy) is 5. The Labute approximate surface area is 167 Å². The van der Waals surface area contributed by atoms with Crippen LogP contribution < -0.4 is 23.7 Å². The van der Waals surface area contributed by atoms with E-state index in [0.29, 0.717) is 34.1 Å². The molecule has 4 aliphatic rings. The normalized spacial score (nSPS) is 27.4. The van der Waals surface area contributed by atoms with Crippen LogP contribution in [-0.2, 0) is 12.0 Å². The van der Waals surface area contributed by atoms with Crippen molar-refractivity contribution >= 4 is 5.78 Å². The van der Waals surface area contributed by atoms with Crippen molar-refractivity contribution < 1.29 is 33.6 Å². The van der Waals surface area contributed by atoms with E-state index in [1.54, 1.807) is 24.3 Å². The first-order chi connectivity index (χ1) is 13.9. The molecule has 0 saturated heterocycles. The molecule has 4 aliphatic heterocycles. The zero-order valence-corrected chi connectivity index (χ0v) is 16.1. The maximum absolute atomic E-state index is 13.6. The largest absolute Gasteiger partial charge is 0.489 e. The lowest BCUT2D eigenvalue weighted by atomic mass is 9.76. The third kappa shape index (κ3) is 2.19. The van der Waals surface area contributed by atoms with E-state index in [1.807, 2.05) is 13.8 Å². The molecular formula is C22H20O7. The molecule has 29 heavy (non-hydrogen) atoms. The molecule has 1 N–H and O–H groups in total. The average Bonchev–Trinajstić information content (AvgIpc) is 3.14. The fraction of sp³-hybridized carbons (Fsp3) is 0.409. The lowest BCUT2D eigenvalue weighted by Crippen LogP contribution is -2.57. The van der Waals surface area contributed by atoms with Gasteiger partial charge in [-0.25, -0.2) is 0 Å². The van der Waals surface area contributed by atoms with Gasteiger partial charge in [-0.3, -0.25) is 4.79 Å². The van der Waals surface area contributed by atoms with E-state index in [9.17, 15) is 9.90 Å². The van der Waals surface area contributed by atoms with Crippen LogP contribution in [0.25, 0.3) is 0 Å². The first-order valence-corrected chi connectivity index (χ1v) is 9.72. The highest BCUT2D eigenvalue weighted by Crippen LogP contribution is 2.52. The van der Waals surface area contributed by atoms with Crippen molar-refractivity contribution in [3.63, 3.8) is 0 Å². The summed E-state index contributed by atoms with van der Waals surface area (Å²) in [5, 5.41) is 11.6. The van der Waals surface area contributed by atoms with E-state index in [2.05, 4.69) is 0 Å². The van der Waals surface area contributed by atoms with Crippen molar-refractivity contribution in [1.82, 2.24) is 0 Å². The third-order valence-electron chi connectivity index (χ3n) is 6.17. The molecule has 2 atom stereocenters. The molecule has 150 valence electrons. The third-order valence-corrected chi connectivity index (χ3v) is 6.17. The fourth-order valence-electron chi connectivity index (χ4n) is 4.57. The van der Waals surface area contributed by atoms with Gasteiger partial charge in [0.15, 0.2) is 23.2 Å².